The first-order valence-corrected chi connectivity index (χ1v) is 8.91. The Morgan fingerprint density at radius 2 is 1.46 bits per heavy atom. The maximum atomic E-state index is 6.38. The van der Waals surface area contributed by atoms with Crippen molar-refractivity contribution in [1.82, 2.24) is 15.0 Å². The molecule has 4 rings (SSSR count). The van der Waals surface area contributed by atoms with Crippen LogP contribution in [0.25, 0.3) is 33.9 Å². The van der Waals surface area contributed by atoms with E-state index in [4.69, 9.17) is 28.2 Å². The van der Waals surface area contributed by atoms with E-state index in [0.29, 0.717) is 21.4 Å². The minimum absolute atomic E-state index is 0.558. The molecule has 0 saturated carbocycles. The maximum Gasteiger partial charge on any atom is 0.141 e. The van der Waals surface area contributed by atoms with Crippen molar-refractivity contribution in [3.8, 4) is 33.9 Å². The Hall–Kier alpha value is -2.62. The molecule has 0 spiro atoms. The molecule has 0 radical (unpaired) electrons. The summed E-state index contributed by atoms with van der Waals surface area (Å²) in [6.07, 6.45) is 3.51. The number of rotatable bonds is 3. The molecule has 0 amide bonds. The minimum atomic E-state index is 0.558. The Balaban J connectivity index is 1.95. The van der Waals surface area contributed by atoms with Crippen molar-refractivity contribution in [3.05, 3.63) is 82.6 Å². The average molecular weight is 380 g/mol. The van der Waals surface area contributed by atoms with Crippen LogP contribution in [0.1, 0.15) is 5.56 Å². The van der Waals surface area contributed by atoms with Crippen LogP contribution in [0.15, 0.2) is 67.0 Å². The highest BCUT2D eigenvalue weighted by atomic mass is 35.5. The monoisotopic (exact) mass is 379 g/mol. The quantitative estimate of drug-likeness (QED) is 0.446. The molecule has 26 heavy (non-hydrogen) atoms. The van der Waals surface area contributed by atoms with E-state index in [2.05, 4.69) is 41.2 Å². The van der Waals surface area contributed by atoms with Gasteiger partial charge in [-0.05, 0) is 31.2 Å². The Labute approximate surface area is 161 Å². The van der Waals surface area contributed by atoms with E-state index in [1.165, 1.54) is 5.56 Å². The van der Waals surface area contributed by atoms with Gasteiger partial charge in [-0.3, -0.25) is 4.98 Å². The lowest BCUT2D eigenvalue weighted by Gasteiger charge is -2.04. The van der Waals surface area contributed by atoms with Gasteiger partial charge in [0.1, 0.15) is 5.82 Å². The van der Waals surface area contributed by atoms with Gasteiger partial charge in [0.2, 0.25) is 0 Å². The average Bonchev–Trinajstić information content (AvgIpc) is 3.08. The molecule has 0 aliphatic heterocycles. The van der Waals surface area contributed by atoms with Gasteiger partial charge < -0.3 is 4.98 Å². The normalized spacial score (nSPS) is 10.9. The van der Waals surface area contributed by atoms with Crippen LogP contribution in [0.3, 0.4) is 0 Å². The number of aromatic nitrogens is 3. The third-order valence-electron chi connectivity index (χ3n) is 4.20. The molecule has 0 bridgehead atoms. The van der Waals surface area contributed by atoms with E-state index >= 15 is 0 Å². The summed E-state index contributed by atoms with van der Waals surface area (Å²) < 4.78 is 0. The molecule has 5 heteroatoms. The highest BCUT2D eigenvalue weighted by Gasteiger charge is 2.18. The maximum absolute atomic E-state index is 6.38. The van der Waals surface area contributed by atoms with Crippen LogP contribution < -0.4 is 0 Å². The lowest BCUT2D eigenvalue weighted by molar-refractivity contribution is 1.30. The first-order valence-electron chi connectivity index (χ1n) is 8.15. The fourth-order valence-corrected chi connectivity index (χ4v) is 3.44. The predicted molar refractivity (Wildman–Crippen MR) is 107 cm³/mol. The molecule has 2 aromatic carbocycles. The standard InChI is InChI=1S/C21H15Cl2N3/c1-13-5-7-14(8-6-13)19-20(15-9-11-24-12-10-15)26-21(25-19)18-16(22)3-2-4-17(18)23/h2-12H,1H3,(H,25,26). The van der Waals surface area contributed by atoms with Crippen molar-refractivity contribution < 1.29 is 0 Å². The molecule has 0 aliphatic rings. The van der Waals surface area contributed by atoms with Gasteiger partial charge in [0.25, 0.3) is 0 Å². The summed E-state index contributed by atoms with van der Waals surface area (Å²) in [5.74, 6) is 0.642. The number of pyridine rings is 1. The van der Waals surface area contributed by atoms with Crippen molar-refractivity contribution in [2.75, 3.05) is 0 Å². The highest BCUT2D eigenvalue weighted by Crippen LogP contribution is 2.38. The van der Waals surface area contributed by atoms with Gasteiger partial charge in [-0.2, -0.15) is 0 Å². The summed E-state index contributed by atoms with van der Waals surface area (Å²) in [5, 5.41) is 1.12. The molecule has 2 heterocycles. The number of halogens is 2. The van der Waals surface area contributed by atoms with E-state index < -0.39 is 0 Å². The van der Waals surface area contributed by atoms with Crippen LogP contribution in [-0.4, -0.2) is 15.0 Å². The number of H-pyrrole nitrogens is 1. The summed E-state index contributed by atoms with van der Waals surface area (Å²) in [4.78, 5) is 12.3. The van der Waals surface area contributed by atoms with Gasteiger partial charge in [-0.1, -0.05) is 59.1 Å². The predicted octanol–water partition coefficient (Wildman–Crippen LogP) is 6.42. The van der Waals surface area contributed by atoms with Crippen LogP contribution in [-0.2, 0) is 0 Å². The Kier molecular flexibility index (Phi) is 4.49. The number of benzene rings is 2. The molecule has 2 aromatic heterocycles. The van der Waals surface area contributed by atoms with Gasteiger partial charge in [0.15, 0.2) is 0 Å². The Bertz CT molecular complexity index is 1030. The summed E-state index contributed by atoms with van der Waals surface area (Å²) in [6, 6.07) is 17.6. The second-order valence-electron chi connectivity index (χ2n) is 6.01. The smallest absolute Gasteiger partial charge is 0.141 e. The van der Waals surface area contributed by atoms with Gasteiger partial charge in [0, 0.05) is 23.5 Å². The zero-order valence-corrected chi connectivity index (χ0v) is 15.5. The fraction of sp³-hybridized carbons (Fsp3) is 0.0476. The first kappa shape index (κ1) is 16.8. The van der Waals surface area contributed by atoms with Crippen LogP contribution in [0.5, 0.6) is 0 Å². The molecule has 3 nitrogen and oxygen atoms in total. The van der Waals surface area contributed by atoms with Gasteiger partial charge in [-0.25, -0.2) is 4.98 Å². The summed E-state index contributed by atoms with van der Waals surface area (Å²) in [5.41, 5.74) is 5.67. The molecule has 0 fully saturated rings. The molecule has 128 valence electrons. The van der Waals surface area contributed by atoms with E-state index in [-0.39, 0.29) is 0 Å². The Morgan fingerprint density at radius 1 is 0.808 bits per heavy atom. The summed E-state index contributed by atoms with van der Waals surface area (Å²) in [7, 11) is 0. The molecule has 1 N–H and O–H groups in total. The molecule has 0 aliphatic carbocycles. The molecule has 0 saturated heterocycles. The van der Waals surface area contributed by atoms with E-state index in [1.54, 1.807) is 12.4 Å². The number of nitrogens with one attached hydrogen (secondary N) is 1. The molecule has 0 atom stereocenters. The zero-order valence-electron chi connectivity index (χ0n) is 14.0. The number of imidazole rings is 1. The molecule has 0 unspecified atom stereocenters. The number of nitrogens with zero attached hydrogens (tertiary/aromatic N) is 2. The largest absolute Gasteiger partial charge is 0.337 e. The van der Waals surface area contributed by atoms with E-state index in [1.807, 2.05) is 30.3 Å². The second-order valence-corrected chi connectivity index (χ2v) is 6.82. The third kappa shape index (κ3) is 3.12. The molecular weight excluding hydrogens is 365 g/mol. The lowest BCUT2D eigenvalue weighted by Crippen LogP contribution is -1.84. The topological polar surface area (TPSA) is 41.6 Å². The number of aryl methyl sites for hydroxylation is 1. The number of hydrogen-bond donors (Lipinski definition) is 1. The number of hydrogen-bond acceptors (Lipinski definition) is 2. The fourth-order valence-electron chi connectivity index (χ4n) is 2.86. The lowest BCUT2D eigenvalue weighted by atomic mass is 10.0. The highest BCUT2D eigenvalue weighted by molar-refractivity contribution is 6.39. The van der Waals surface area contributed by atoms with Crippen molar-refractivity contribution in [3.63, 3.8) is 0 Å². The molecular formula is C21H15Cl2N3. The second kappa shape index (κ2) is 6.94. The van der Waals surface area contributed by atoms with Gasteiger partial charge >= 0.3 is 0 Å². The van der Waals surface area contributed by atoms with E-state index in [0.717, 1.165) is 22.5 Å². The molecule has 4 aromatic rings. The summed E-state index contributed by atoms with van der Waals surface area (Å²) in [6.45, 7) is 2.06. The van der Waals surface area contributed by atoms with Crippen LogP contribution in [0.4, 0.5) is 0 Å². The van der Waals surface area contributed by atoms with Crippen LogP contribution in [0, 0.1) is 6.92 Å². The van der Waals surface area contributed by atoms with Crippen LogP contribution >= 0.6 is 23.2 Å². The summed E-state index contributed by atoms with van der Waals surface area (Å²) >= 11 is 12.8. The zero-order chi connectivity index (χ0) is 18.1. The van der Waals surface area contributed by atoms with Crippen LogP contribution in [0.2, 0.25) is 10.0 Å². The third-order valence-corrected chi connectivity index (χ3v) is 4.83. The van der Waals surface area contributed by atoms with Crippen molar-refractivity contribution in [2.45, 2.75) is 6.92 Å². The minimum Gasteiger partial charge on any atom is -0.337 e. The van der Waals surface area contributed by atoms with Crippen molar-refractivity contribution in [1.29, 1.82) is 0 Å². The van der Waals surface area contributed by atoms with Gasteiger partial charge in [0.05, 0.1) is 27.0 Å². The SMILES string of the molecule is Cc1ccc(-c2[nH]c(-c3c(Cl)cccc3Cl)nc2-c2ccncc2)cc1. The van der Waals surface area contributed by atoms with Crippen molar-refractivity contribution >= 4 is 23.2 Å². The number of aromatic amines is 1. The first-order chi connectivity index (χ1) is 12.6. The van der Waals surface area contributed by atoms with Crippen molar-refractivity contribution in [2.24, 2.45) is 0 Å². The Morgan fingerprint density at radius 3 is 2.12 bits per heavy atom. The van der Waals surface area contributed by atoms with E-state index in [9.17, 15) is 0 Å². The van der Waals surface area contributed by atoms with Gasteiger partial charge in [-0.15, -0.1) is 0 Å².